The largest absolute Gasteiger partial charge is 0.458 e. The lowest BCUT2D eigenvalue weighted by molar-refractivity contribution is -0.153. The second kappa shape index (κ2) is 3.74. The molecule has 0 aromatic rings. The van der Waals surface area contributed by atoms with Crippen LogP contribution < -0.4 is 0 Å². The Bertz CT molecular complexity index is 202. The fraction of sp³-hybridized carbons (Fsp3) is 0.700. The van der Waals surface area contributed by atoms with Gasteiger partial charge in [-0.05, 0) is 32.3 Å². The van der Waals surface area contributed by atoms with Crippen LogP contribution in [0.2, 0.25) is 0 Å². The molecular formula is C10H16O2. The maximum Gasteiger partial charge on any atom is 0.306 e. The Balaban J connectivity index is 2.55. The summed E-state index contributed by atoms with van der Waals surface area (Å²) in [7, 11) is 0. The quantitative estimate of drug-likeness (QED) is 0.443. The Hall–Kier alpha value is -0.790. The summed E-state index contributed by atoms with van der Waals surface area (Å²) in [5.74, 6) is 0.406. The molecule has 0 bridgehead atoms. The SMILES string of the molecule is CC(C)=C[C@H]1C[C@@H](C)CC(=O)O1. The second-order valence-electron chi connectivity index (χ2n) is 3.82. The molecule has 1 saturated heterocycles. The Morgan fingerprint density at radius 3 is 2.75 bits per heavy atom. The number of esters is 1. The van der Waals surface area contributed by atoms with Crippen LogP contribution in [0.25, 0.3) is 0 Å². The van der Waals surface area contributed by atoms with Crippen LogP contribution in [0.5, 0.6) is 0 Å². The fourth-order valence-corrected chi connectivity index (χ4v) is 1.50. The molecule has 1 heterocycles. The predicted molar refractivity (Wildman–Crippen MR) is 47.7 cm³/mol. The molecular weight excluding hydrogens is 152 g/mol. The molecule has 1 fully saturated rings. The molecule has 2 heteroatoms. The zero-order valence-corrected chi connectivity index (χ0v) is 7.96. The van der Waals surface area contributed by atoms with Gasteiger partial charge in [0.25, 0.3) is 0 Å². The van der Waals surface area contributed by atoms with Crippen molar-refractivity contribution in [1.29, 1.82) is 0 Å². The van der Waals surface area contributed by atoms with Crippen LogP contribution >= 0.6 is 0 Å². The highest BCUT2D eigenvalue weighted by atomic mass is 16.5. The van der Waals surface area contributed by atoms with Crippen molar-refractivity contribution in [3.63, 3.8) is 0 Å². The van der Waals surface area contributed by atoms with Crippen LogP contribution in [0.15, 0.2) is 11.6 Å². The minimum Gasteiger partial charge on any atom is -0.458 e. The van der Waals surface area contributed by atoms with Crippen LogP contribution in [-0.4, -0.2) is 12.1 Å². The van der Waals surface area contributed by atoms with Crippen molar-refractivity contribution >= 4 is 5.97 Å². The van der Waals surface area contributed by atoms with E-state index in [0.29, 0.717) is 12.3 Å². The zero-order chi connectivity index (χ0) is 9.14. The van der Waals surface area contributed by atoms with E-state index in [1.165, 1.54) is 5.57 Å². The number of hydrogen-bond acceptors (Lipinski definition) is 2. The number of rotatable bonds is 1. The fourth-order valence-electron chi connectivity index (χ4n) is 1.50. The molecule has 0 saturated carbocycles. The van der Waals surface area contributed by atoms with E-state index in [2.05, 4.69) is 6.92 Å². The first-order valence-corrected chi connectivity index (χ1v) is 4.42. The third kappa shape index (κ3) is 2.68. The summed E-state index contributed by atoms with van der Waals surface area (Å²) in [6.45, 7) is 6.13. The van der Waals surface area contributed by atoms with E-state index in [9.17, 15) is 4.79 Å². The molecule has 2 nitrogen and oxygen atoms in total. The van der Waals surface area contributed by atoms with Gasteiger partial charge in [0.1, 0.15) is 6.10 Å². The molecule has 68 valence electrons. The molecule has 2 atom stereocenters. The number of allylic oxidation sites excluding steroid dienone is 1. The molecule has 0 radical (unpaired) electrons. The van der Waals surface area contributed by atoms with Gasteiger partial charge in [0.15, 0.2) is 0 Å². The van der Waals surface area contributed by atoms with E-state index in [-0.39, 0.29) is 12.1 Å². The standard InChI is InChI=1S/C10H16O2/c1-7(2)4-9-5-8(3)6-10(11)12-9/h4,8-9H,5-6H2,1-3H3/t8-,9+/m1/s1. The molecule has 0 unspecified atom stereocenters. The maximum absolute atomic E-state index is 11.0. The molecule has 0 amide bonds. The predicted octanol–water partition coefficient (Wildman–Crippen LogP) is 2.29. The van der Waals surface area contributed by atoms with Crippen LogP contribution in [0.4, 0.5) is 0 Å². The van der Waals surface area contributed by atoms with Crippen LogP contribution in [-0.2, 0) is 9.53 Å². The first kappa shape index (κ1) is 9.30. The Morgan fingerprint density at radius 1 is 1.58 bits per heavy atom. The average Bonchev–Trinajstić information content (AvgIpc) is 1.81. The highest BCUT2D eigenvalue weighted by molar-refractivity contribution is 5.70. The smallest absolute Gasteiger partial charge is 0.306 e. The van der Waals surface area contributed by atoms with Crippen molar-refractivity contribution in [1.82, 2.24) is 0 Å². The number of cyclic esters (lactones) is 1. The average molecular weight is 168 g/mol. The van der Waals surface area contributed by atoms with Gasteiger partial charge in [0.2, 0.25) is 0 Å². The van der Waals surface area contributed by atoms with Gasteiger partial charge in [-0.1, -0.05) is 12.5 Å². The summed E-state index contributed by atoms with van der Waals surface area (Å²) in [4.78, 5) is 11.0. The lowest BCUT2D eigenvalue weighted by atomic mass is 9.96. The minimum atomic E-state index is -0.0590. The monoisotopic (exact) mass is 168 g/mol. The molecule has 12 heavy (non-hydrogen) atoms. The van der Waals surface area contributed by atoms with Gasteiger partial charge in [0.05, 0.1) is 0 Å². The number of ether oxygens (including phenoxy) is 1. The van der Waals surface area contributed by atoms with Gasteiger partial charge < -0.3 is 4.74 Å². The van der Waals surface area contributed by atoms with E-state index in [1.54, 1.807) is 0 Å². The van der Waals surface area contributed by atoms with Crippen molar-refractivity contribution in [3.8, 4) is 0 Å². The third-order valence-corrected chi connectivity index (χ3v) is 1.95. The molecule has 0 aromatic carbocycles. The van der Waals surface area contributed by atoms with E-state index < -0.39 is 0 Å². The maximum atomic E-state index is 11.0. The second-order valence-corrected chi connectivity index (χ2v) is 3.82. The van der Waals surface area contributed by atoms with Crippen molar-refractivity contribution in [2.45, 2.75) is 39.7 Å². The van der Waals surface area contributed by atoms with Gasteiger partial charge >= 0.3 is 5.97 Å². The summed E-state index contributed by atoms with van der Waals surface area (Å²) >= 11 is 0. The molecule has 0 spiro atoms. The summed E-state index contributed by atoms with van der Waals surface area (Å²) in [6, 6.07) is 0. The highest BCUT2D eigenvalue weighted by Crippen LogP contribution is 2.21. The van der Waals surface area contributed by atoms with E-state index in [1.807, 2.05) is 19.9 Å². The third-order valence-electron chi connectivity index (χ3n) is 1.95. The molecule has 1 aliphatic heterocycles. The lowest BCUT2D eigenvalue weighted by Crippen LogP contribution is -2.26. The topological polar surface area (TPSA) is 26.3 Å². The Labute approximate surface area is 73.6 Å². The Morgan fingerprint density at radius 2 is 2.25 bits per heavy atom. The summed E-state index contributed by atoms with van der Waals surface area (Å²) in [5, 5.41) is 0. The number of hydrogen-bond donors (Lipinski definition) is 0. The normalized spacial score (nSPS) is 29.4. The summed E-state index contributed by atoms with van der Waals surface area (Å²) in [5.41, 5.74) is 1.21. The van der Waals surface area contributed by atoms with E-state index in [4.69, 9.17) is 4.74 Å². The molecule has 0 N–H and O–H groups in total. The minimum absolute atomic E-state index is 0.0197. The van der Waals surface area contributed by atoms with Crippen LogP contribution in [0.1, 0.15) is 33.6 Å². The first-order valence-electron chi connectivity index (χ1n) is 4.42. The Kier molecular flexibility index (Phi) is 2.90. The molecule has 1 aliphatic rings. The first-order chi connectivity index (χ1) is 5.58. The number of carbonyl (C=O) groups excluding carboxylic acids is 1. The molecule has 0 aromatic heterocycles. The van der Waals surface area contributed by atoms with E-state index in [0.717, 1.165) is 6.42 Å². The number of carbonyl (C=O) groups is 1. The van der Waals surface area contributed by atoms with E-state index >= 15 is 0 Å². The van der Waals surface area contributed by atoms with Gasteiger partial charge in [-0.3, -0.25) is 4.79 Å². The van der Waals surface area contributed by atoms with Crippen molar-refractivity contribution in [3.05, 3.63) is 11.6 Å². The van der Waals surface area contributed by atoms with Crippen LogP contribution in [0, 0.1) is 5.92 Å². The van der Waals surface area contributed by atoms with Crippen molar-refractivity contribution < 1.29 is 9.53 Å². The van der Waals surface area contributed by atoms with Gasteiger partial charge in [-0.25, -0.2) is 0 Å². The molecule has 1 rings (SSSR count). The van der Waals surface area contributed by atoms with Crippen LogP contribution in [0.3, 0.4) is 0 Å². The van der Waals surface area contributed by atoms with Gasteiger partial charge in [-0.15, -0.1) is 0 Å². The zero-order valence-electron chi connectivity index (χ0n) is 7.96. The van der Waals surface area contributed by atoms with Gasteiger partial charge in [-0.2, -0.15) is 0 Å². The molecule has 0 aliphatic carbocycles. The van der Waals surface area contributed by atoms with Crippen molar-refractivity contribution in [2.24, 2.45) is 5.92 Å². The van der Waals surface area contributed by atoms with Gasteiger partial charge in [0, 0.05) is 6.42 Å². The van der Waals surface area contributed by atoms with Crippen molar-refractivity contribution in [2.75, 3.05) is 0 Å². The summed E-state index contributed by atoms with van der Waals surface area (Å²) < 4.78 is 5.15. The summed E-state index contributed by atoms with van der Waals surface area (Å²) in [6.07, 6.45) is 3.59. The lowest BCUT2D eigenvalue weighted by Gasteiger charge is -2.24. The highest BCUT2D eigenvalue weighted by Gasteiger charge is 2.23.